The van der Waals surface area contributed by atoms with E-state index in [1.54, 1.807) is 24.3 Å². The molecule has 1 saturated carbocycles. The third-order valence-electron chi connectivity index (χ3n) is 8.04. The Labute approximate surface area is 241 Å². The van der Waals surface area contributed by atoms with Gasteiger partial charge in [-0.2, -0.15) is 0 Å². The first-order chi connectivity index (χ1) is 19.6. The number of hydrogen-bond acceptors (Lipinski definition) is 5. The van der Waals surface area contributed by atoms with E-state index < -0.39 is 15.8 Å². The molecule has 0 bridgehead atoms. The topological polar surface area (TPSA) is 101 Å². The van der Waals surface area contributed by atoms with E-state index in [1.807, 2.05) is 43.3 Å². The van der Waals surface area contributed by atoms with Crippen molar-refractivity contribution >= 4 is 21.6 Å². The van der Waals surface area contributed by atoms with Gasteiger partial charge in [-0.15, -0.1) is 0 Å². The molecule has 218 valence electrons. The number of halogens is 1. The summed E-state index contributed by atoms with van der Waals surface area (Å²) < 4.78 is 39.6. The summed E-state index contributed by atoms with van der Waals surface area (Å²) in [7, 11) is -3.46. The van der Waals surface area contributed by atoms with E-state index in [1.165, 1.54) is 12.1 Å². The second-order valence-corrected chi connectivity index (χ2v) is 13.2. The van der Waals surface area contributed by atoms with Crippen LogP contribution in [-0.2, 0) is 25.8 Å². The van der Waals surface area contributed by atoms with Crippen molar-refractivity contribution in [3.05, 3.63) is 89.7 Å². The quantitative estimate of drug-likeness (QED) is 0.239. The third-order valence-corrected chi connectivity index (χ3v) is 9.94. The van der Waals surface area contributed by atoms with Crippen LogP contribution in [0.25, 0.3) is 11.1 Å². The monoisotopic (exact) mass is 579 g/mol. The number of Topliss-reactive ketones (excluding diaryl/α,β-unsaturated/α-hetero) is 1. The number of nitrogens with one attached hydrogen (secondary N) is 1. The zero-order valence-corrected chi connectivity index (χ0v) is 24.2. The molecule has 0 spiro atoms. The average molecular weight is 580 g/mol. The number of sulfone groups is 1. The van der Waals surface area contributed by atoms with Crippen molar-refractivity contribution in [1.82, 2.24) is 5.32 Å². The fourth-order valence-corrected chi connectivity index (χ4v) is 7.32. The first-order valence-corrected chi connectivity index (χ1v) is 15.9. The minimum Gasteiger partial charge on any atom is -0.480 e. The van der Waals surface area contributed by atoms with Crippen LogP contribution in [0, 0.1) is 17.7 Å². The Hall–Kier alpha value is -3.36. The van der Waals surface area contributed by atoms with E-state index in [9.17, 15) is 22.4 Å². The molecule has 0 aliphatic heterocycles. The lowest BCUT2D eigenvalue weighted by Gasteiger charge is -2.28. The van der Waals surface area contributed by atoms with Gasteiger partial charge in [0.05, 0.1) is 17.2 Å². The van der Waals surface area contributed by atoms with Gasteiger partial charge in [-0.25, -0.2) is 12.8 Å². The van der Waals surface area contributed by atoms with Crippen molar-refractivity contribution in [1.29, 1.82) is 0 Å². The third kappa shape index (κ3) is 8.81. The molecule has 0 saturated heterocycles. The Morgan fingerprint density at radius 1 is 0.951 bits per heavy atom. The van der Waals surface area contributed by atoms with Gasteiger partial charge in [-0.3, -0.25) is 9.59 Å². The SMILES string of the molecule is C[C@@H](CC(=O)C1CCC(CS(=O)(=O)c2ccc(-c3cccc(CCNCC(=O)O)c3)cc2)CC1)c1ccc(F)cc1. The highest BCUT2D eigenvalue weighted by molar-refractivity contribution is 7.91. The lowest BCUT2D eigenvalue weighted by Crippen LogP contribution is -2.26. The molecule has 41 heavy (non-hydrogen) atoms. The Morgan fingerprint density at radius 2 is 1.63 bits per heavy atom. The van der Waals surface area contributed by atoms with Crippen LogP contribution in [0.2, 0.25) is 0 Å². The summed E-state index contributed by atoms with van der Waals surface area (Å²) in [4.78, 5) is 23.9. The Bertz CT molecular complexity index is 1430. The molecule has 1 fully saturated rings. The van der Waals surface area contributed by atoms with Crippen molar-refractivity contribution in [2.75, 3.05) is 18.8 Å². The van der Waals surface area contributed by atoms with Crippen molar-refractivity contribution < 1.29 is 27.5 Å². The minimum absolute atomic E-state index is 0.0208. The van der Waals surface area contributed by atoms with Gasteiger partial charge in [-0.05, 0) is 97.0 Å². The molecule has 0 unspecified atom stereocenters. The molecule has 1 aliphatic carbocycles. The maximum Gasteiger partial charge on any atom is 0.317 e. The normalized spacial score (nSPS) is 18.1. The molecule has 4 rings (SSSR count). The van der Waals surface area contributed by atoms with Crippen LogP contribution in [0.3, 0.4) is 0 Å². The highest BCUT2D eigenvalue weighted by Gasteiger charge is 2.30. The Morgan fingerprint density at radius 3 is 2.29 bits per heavy atom. The van der Waals surface area contributed by atoms with E-state index in [0.717, 1.165) is 22.3 Å². The maximum atomic E-state index is 13.2. The number of aliphatic carboxylic acids is 1. The molecule has 8 heteroatoms. The fraction of sp³-hybridized carbons (Fsp3) is 0.394. The predicted octanol–water partition coefficient (Wildman–Crippen LogP) is 6.05. The minimum atomic E-state index is -3.46. The number of carboxylic acids is 1. The first kappa shape index (κ1) is 30.6. The summed E-state index contributed by atoms with van der Waals surface area (Å²) in [5.41, 5.74) is 3.90. The standard InChI is InChI=1S/C33H38FNO5S/c1-23(26-9-13-30(34)14-10-26)19-32(36)28-7-5-25(6-8-28)22-41(39,40)31-15-11-27(12-16-31)29-4-2-3-24(20-29)17-18-35-21-33(37)38/h2-4,9-16,20,23,25,28,35H,5-8,17-19,21-22H2,1H3,(H,37,38)/t23-,25?,28?/m0/s1. The molecule has 6 nitrogen and oxygen atoms in total. The van der Waals surface area contributed by atoms with Crippen molar-refractivity contribution in [3.63, 3.8) is 0 Å². The number of ketones is 1. The predicted molar refractivity (Wildman–Crippen MR) is 158 cm³/mol. The van der Waals surface area contributed by atoms with E-state index in [4.69, 9.17) is 5.11 Å². The van der Waals surface area contributed by atoms with Gasteiger partial charge in [-0.1, -0.05) is 55.5 Å². The van der Waals surface area contributed by atoms with Crippen LogP contribution in [0.4, 0.5) is 4.39 Å². The van der Waals surface area contributed by atoms with Gasteiger partial charge in [0, 0.05) is 12.3 Å². The van der Waals surface area contributed by atoms with E-state index in [-0.39, 0.29) is 41.7 Å². The van der Waals surface area contributed by atoms with Crippen LogP contribution < -0.4 is 5.32 Å². The van der Waals surface area contributed by atoms with Gasteiger partial charge < -0.3 is 10.4 Å². The zero-order chi connectivity index (χ0) is 29.4. The van der Waals surface area contributed by atoms with Crippen LogP contribution >= 0.6 is 0 Å². The maximum absolute atomic E-state index is 13.2. The number of rotatable bonds is 13. The molecule has 0 radical (unpaired) electrons. The summed E-state index contributed by atoms with van der Waals surface area (Å²) in [6, 6.07) is 21.2. The van der Waals surface area contributed by atoms with Crippen LogP contribution in [-0.4, -0.2) is 44.1 Å². The number of hydrogen-bond donors (Lipinski definition) is 2. The van der Waals surface area contributed by atoms with Crippen molar-refractivity contribution in [2.45, 2.75) is 56.3 Å². The smallest absolute Gasteiger partial charge is 0.317 e. The number of carbonyl (C=O) groups is 2. The van der Waals surface area contributed by atoms with Crippen molar-refractivity contribution in [2.24, 2.45) is 11.8 Å². The highest BCUT2D eigenvalue weighted by Crippen LogP contribution is 2.34. The molecule has 0 heterocycles. The van der Waals surface area contributed by atoms with Gasteiger partial charge in [0.1, 0.15) is 11.6 Å². The molecule has 0 amide bonds. The van der Waals surface area contributed by atoms with Crippen LogP contribution in [0.5, 0.6) is 0 Å². The number of carboxylic acid groups (broad SMARTS) is 1. The van der Waals surface area contributed by atoms with Crippen LogP contribution in [0.15, 0.2) is 77.7 Å². The molecule has 1 aliphatic rings. The molecule has 3 aromatic carbocycles. The van der Waals surface area contributed by atoms with Crippen LogP contribution in [0.1, 0.15) is 56.1 Å². The lowest BCUT2D eigenvalue weighted by molar-refractivity contribution is -0.136. The van der Waals surface area contributed by atoms with E-state index in [2.05, 4.69) is 5.32 Å². The second-order valence-electron chi connectivity index (χ2n) is 11.2. The van der Waals surface area contributed by atoms with Gasteiger partial charge in [0.25, 0.3) is 0 Å². The van der Waals surface area contributed by atoms with Crippen molar-refractivity contribution in [3.8, 4) is 11.1 Å². The number of carbonyl (C=O) groups excluding carboxylic acids is 1. The van der Waals surface area contributed by atoms with E-state index >= 15 is 0 Å². The zero-order valence-electron chi connectivity index (χ0n) is 23.4. The highest BCUT2D eigenvalue weighted by atomic mass is 32.2. The lowest BCUT2D eigenvalue weighted by atomic mass is 9.78. The molecule has 0 aromatic heterocycles. The molecular weight excluding hydrogens is 541 g/mol. The molecular formula is C33H38FNO5S. The largest absolute Gasteiger partial charge is 0.480 e. The van der Waals surface area contributed by atoms with Gasteiger partial charge >= 0.3 is 5.97 Å². The summed E-state index contributed by atoms with van der Waals surface area (Å²) in [6.07, 6.45) is 3.94. The fourth-order valence-electron chi connectivity index (χ4n) is 5.62. The second kappa shape index (κ2) is 14.0. The van der Waals surface area contributed by atoms with E-state index in [0.29, 0.717) is 50.0 Å². The average Bonchev–Trinajstić information content (AvgIpc) is 2.96. The molecule has 2 N–H and O–H groups in total. The Balaban J connectivity index is 1.28. The summed E-state index contributed by atoms with van der Waals surface area (Å²) >= 11 is 0. The Kier molecular flexibility index (Phi) is 10.5. The number of benzene rings is 3. The van der Waals surface area contributed by atoms with Gasteiger partial charge in [0.2, 0.25) is 0 Å². The summed E-state index contributed by atoms with van der Waals surface area (Å²) in [5.74, 6) is -0.877. The summed E-state index contributed by atoms with van der Waals surface area (Å²) in [5, 5.41) is 11.6. The van der Waals surface area contributed by atoms with Gasteiger partial charge in [0.15, 0.2) is 9.84 Å². The summed E-state index contributed by atoms with van der Waals surface area (Å²) in [6.45, 7) is 2.46. The first-order valence-electron chi connectivity index (χ1n) is 14.2. The molecule has 1 atom stereocenters. The molecule has 3 aromatic rings.